The average molecular weight is 364 g/mol. The van der Waals surface area contributed by atoms with Gasteiger partial charge in [-0.05, 0) is 36.5 Å². The van der Waals surface area contributed by atoms with Crippen LogP contribution in [0.2, 0.25) is 0 Å². The number of aliphatic imine (C=N–C) groups is 1. The van der Waals surface area contributed by atoms with Crippen molar-refractivity contribution in [3.63, 3.8) is 0 Å². The summed E-state index contributed by atoms with van der Waals surface area (Å²) in [5, 5.41) is 6.04. The predicted octanol–water partition coefficient (Wildman–Crippen LogP) is 1.94. The van der Waals surface area contributed by atoms with Crippen LogP contribution in [0.1, 0.15) is 30.9 Å². The smallest absolute Gasteiger partial charge is 0.220 e. The Morgan fingerprint density at radius 3 is 2.54 bits per heavy atom. The maximum atomic E-state index is 13.1. The van der Waals surface area contributed by atoms with E-state index in [0.717, 1.165) is 37.5 Å². The van der Waals surface area contributed by atoms with E-state index in [2.05, 4.69) is 20.5 Å². The van der Waals surface area contributed by atoms with E-state index < -0.39 is 0 Å². The van der Waals surface area contributed by atoms with E-state index in [1.165, 1.54) is 12.1 Å². The summed E-state index contributed by atoms with van der Waals surface area (Å²) in [5.74, 6) is 1.10. The molecule has 1 aliphatic heterocycles. The van der Waals surface area contributed by atoms with Crippen LogP contribution in [0.3, 0.4) is 0 Å². The number of benzene rings is 1. The Balaban J connectivity index is 1.85. The Labute approximate surface area is 154 Å². The van der Waals surface area contributed by atoms with Crippen LogP contribution < -0.4 is 10.6 Å². The first-order valence-corrected chi connectivity index (χ1v) is 9.01. The van der Waals surface area contributed by atoms with Crippen LogP contribution in [0, 0.1) is 11.7 Å². The average Bonchev–Trinajstić information content (AvgIpc) is 2.67. The van der Waals surface area contributed by atoms with E-state index in [1.807, 2.05) is 0 Å². The van der Waals surface area contributed by atoms with Crippen molar-refractivity contribution in [1.82, 2.24) is 15.5 Å². The zero-order valence-corrected chi connectivity index (χ0v) is 15.8. The molecule has 0 bridgehead atoms. The van der Waals surface area contributed by atoms with Gasteiger partial charge in [-0.15, -0.1) is 0 Å². The zero-order valence-electron chi connectivity index (χ0n) is 15.8. The lowest BCUT2D eigenvalue weighted by molar-refractivity contribution is -0.121. The minimum absolute atomic E-state index is 0.105. The molecule has 1 aliphatic rings. The number of nitrogens with zero attached hydrogens (tertiary/aromatic N) is 2. The molecule has 2 rings (SSSR count). The molecule has 1 atom stereocenters. The molecule has 1 fully saturated rings. The van der Waals surface area contributed by atoms with Gasteiger partial charge in [0, 0.05) is 47.3 Å². The lowest BCUT2D eigenvalue weighted by atomic mass is 9.93. The summed E-state index contributed by atoms with van der Waals surface area (Å²) in [5.41, 5.74) is 0.918. The van der Waals surface area contributed by atoms with Crippen molar-refractivity contribution < 1.29 is 13.9 Å². The van der Waals surface area contributed by atoms with E-state index >= 15 is 0 Å². The Kier molecular flexibility index (Phi) is 7.84. The predicted molar refractivity (Wildman–Crippen MR) is 100 cm³/mol. The second-order valence-corrected chi connectivity index (χ2v) is 6.51. The van der Waals surface area contributed by atoms with Crippen molar-refractivity contribution in [2.45, 2.75) is 25.4 Å². The minimum atomic E-state index is -0.257. The number of hydrogen-bond acceptors (Lipinski definition) is 3. The summed E-state index contributed by atoms with van der Waals surface area (Å²) in [4.78, 5) is 18.1. The van der Waals surface area contributed by atoms with Crippen LogP contribution in [0.25, 0.3) is 0 Å². The molecule has 0 radical (unpaired) electrons. The van der Waals surface area contributed by atoms with Gasteiger partial charge in [-0.1, -0.05) is 12.1 Å². The molecule has 1 aromatic carbocycles. The standard InChI is InChI=1S/C19H29FN4O2/c1-21-18(25)12-14-8-10-24(11-9-14)19(22-2)23-13-17(26-3)15-4-6-16(20)7-5-15/h4-7,14,17H,8-13H2,1-3H3,(H,21,25)(H,22,23). The second kappa shape index (κ2) is 10.1. The Hall–Kier alpha value is -2.15. The van der Waals surface area contributed by atoms with Crippen molar-refractivity contribution in [3.05, 3.63) is 35.6 Å². The third-order valence-corrected chi connectivity index (χ3v) is 4.85. The zero-order chi connectivity index (χ0) is 18.9. The fourth-order valence-corrected chi connectivity index (χ4v) is 3.24. The number of ether oxygens (including phenoxy) is 1. The number of methoxy groups -OCH3 is 1. The summed E-state index contributed by atoms with van der Waals surface area (Å²) in [6.45, 7) is 2.29. The van der Waals surface area contributed by atoms with E-state index in [-0.39, 0.29) is 17.8 Å². The molecule has 0 aromatic heterocycles. The highest BCUT2D eigenvalue weighted by Gasteiger charge is 2.23. The summed E-state index contributed by atoms with van der Waals surface area (Å²) >= 11 is 0. The van der Waals surface area contributed by atoms with E-state index in [0.29, 0.717) is 18.9 Å². The number of halogens is 1. The second-order valence-electron chi connectivity index (χ2n) is 6.51. The van der Waals surface area contributed by atoms with Crippen molar-refractivity contribution in [1.29, 1.82) is 0 Å². The highest BCUT2D eigenvalue weighted by Crippen LogP contribution is 2.21. The first-order chi connectivity index (χ1) is 12.6. The molecule has 1 aromatic rings. The van der Waals surface area contributed by atoms with Gasteiger partial charge in [0.2, 0.25) is 5.91 Å². The first-order valence-electron chi connectivity index (χ1n) is 9.01. The van der Waals surface area contributed by atoms with Gasteiger partial charge < -0.3 is 20.3 Å². The lowest BCUT2D eigenvalue weighted by Gasteiger charge is -2.34. The molecular formula is C19H29FN4O2. The number of amides is 1. The first kappa shape index (κ1) is 20.2. The molecule has 2 N–H and O–H groups in total. The highest BCUT2D eigenvalue weighted by molar-refractivity contribution is 5.80. The summed E-state index contributed by atoms with van der Waals surface area (Å²) < 4.78 is 18.6. The molecule has 0 spiro atoms. The monoisotopic (exact) mass is 364 g/mol. The van der Waals surface area contributed by atoms with Gasteiger partial charge in [0.1, 0.15) is 5.82 Å². The van der Waals surface area contributed by atoms with Gasteiger partial charge >= 0.3 is 0 Å². The molecule has 1 heterocycles. The van der Waals surface area contributed by atoms with Crippen LogP contribution in [0.4, 0.5) is 4.39 Å². The number of rotatable bonds is 6. The van der Waals surface area contributed by atoms with Crippen molar-refractivity contribution in [2.75, 3.05) is 40.8 Å². The van der Waals surface area contributed by atoms with Gasteiger partial charge in [-0.25, -0.2) is 4.39 Å². The molecule has 1 amide bonds. The molecule has 0 aliphatic carbocycles. The number of guanidine groups is 1. The van der Waals surface area contributed by atoms with Crippen LogP contribution in [0.15, 0.2) is 29.3 Å². The maximum absolute atomic E-state index is 13.1. The molecule has 7 heteroatoms. The SMILES string of the molecule is CN=C(NCC(OC)c1ccc(F)cc1)N1CCC(CC(=O)NC)CC1. The molecule has 26 heavy (non-hydrogen) atoms. The molecule has 144 valence electrons. The van der Waals surface area contributed by atoms with Gasteiger partial charge in [0.25, 0.3) is 0 Å². The Morgan fingerprint density at radius 1 is 1.35 bits per heavy atom. The van der Waals surface area contributed by atoms with Gasteiger partial charge in [0.15, 0.2) is 5.96 Å². The van der Waals surface area contributed by atoms with Crippen LogP contribution in [0.5, 0.6) is 0 Å². The Morgan fingerprint density at radius 2 is 2.00 bits per heavy atom. The van der Waals surface area contributed by atoms with Crippen molar-refractivity contribution in [2.24, 2.45) is 10.9 Å². The lowest BCUT2D eigenvalue weighted by Crippen LogP contribution is -2.47. The number of hydrogen-bond donors (Lipinski definition) is 2. The molecule has 1 saturated heterocycles. The minimum Gasteiger partial charge on any atom is -0.375 e. The van der Waals surface area contributed by atoms with Crippen molar-refractivity contribution >= 4 is 11.9 Å². The molecular weight excluding hydrogens is 335 g/mol. The third-order valence-electron chi connectivity index (χ3n) is 4.85. The topological polar surface area (TPSA) is 66.0 Å². The largest absolute Gasteiger partial charge is 0.375 e. The van der Waals surface area contributed by atoms with Gasteiger partial charge in [-0.2, -0.15) is 0 Å². The van der Waals surface area contributed by atoms with E-state index in [1.54, 1.807) is 33.3 Å². The highest BCUT2D eigenvalue weighted by atomic mass is 19.1. The third kappa shape index (κ3) is 5.69. The quantitative estimate of drug-likeness (QED) is 0.598. The van der Waals surface area contributed by atoms with Crippen LogP contribution in [-0.2, 0) is 9.53 Å². The van der Waals surface area contributed by atoms with Crippen molar-refractivity contribution in [3.8, 4) is 0 Å². The van der Waals surface area contributed by atoms with Gasteiger partial charge in [0.05, 0.1) is 6.10 Å². The summed E-state index contributed by atoms with van der Waals surface area (Å²) in [6.07, 6.45) is 2.35. The molecule has 1 unspecified atom stereocenters. The van der Waals surface area contributed by atoms with E-state index in [9.17, 15) is 9.18 Å². The number of likely N-dealkylation sites (tertiary alicyclic amines) is 1. The molecule has 0 saturated carbocycles. The normalized spacial score (nSPS) is 17.1. The number of nitrogens with one attached hydrogen (secondary N) is 2. The van der Waals surface area contributed by atoms with Crippen LogP contribution in [-0.4, -0.2) is 57.6 Å². The number of piperidine rings is 1. The fraction of sp³-hybridized carbons (Fsp3) is 0.579. The maximum Gasteiger partial charge on any atom is 0.220 e. The number of carbonyl (C=O) groups is 1. The fourth-order valence-electron chi connectivity index (χ4n) is 3.24. The van der Waals surface area contributed by atoms with E-state index in [4.69, 9.17) is 4.74 Å². The Bertz CT molecular complexity index is 598. The summed E-state index contributed by atoms with van der Waals surface area (Å²) in [7, 11) is 5.08. The number of carbonyl (C=O) groups excluding carboxylic acids is 1. The summed E-state index contributed by atoms with van der Waals surface area (Å²) in [6, 6.07) is 6.34. The molecule has 6 nitrogen and oxygen atoms in total. The van der Waals surface area contributed by atoms with Crippen LogP contribution >= 0.6 is 0 Å². The van der Waals surface area contributed by atoms with Gasteiger partial charge in [-0.3, -0.25) is 9.79 Å².